The van der Waals surface area contributed by atoms with E-state index in [1.54, 1.807) is 4.90 Å². The fourth-order valence-corrected chi connectivity index (χ4v) is 5.51. The van der Waals surface area contributed by atoms with Gasteiger partial charge in [0.15, 0.2) is 0 Å². The van der Waals surface area contributed by atoms with Crippen molar-refractivity contribution < 1.29 is 27.5 Å². The largest absolute Gasteiger partial charge is 0.379 e. The first-order valence-corrected chi connectivity index (χ1v) is 13.4. The Morgan fingerprint density at radius 2 is 1.71 bits per heavy atom. The number of nitrogens with zero attached hydrogens (tertiary/aromatic N) is 3. The third-order valence-electron chi connectivity index (χ3n) is 6.92. The van der Waals surface area contributed by atoms with Crippen LogP contribution in [0.5, 0.6) is 0 Å². The quantitative estimate of drug-likeness (QED) is 0.555. The molecule has 2 heterocycles. The Kier molecular flexibility index (Phi) is 7.66. The Balaban J connectivity index is 1.54. The number of benzene rings is 1. The number of primary sulfonamides is 1. The predicted molar refractivity (Wildman–Crippen MR) is 124 cm³/mol. The third kappa shape index (κ3) is 5.48. The van der Waals surface area contributed by atoms with Gasteiger partial charge in [0.05, 0.1) is 30.2 Å². The molecule has 1 atom stereocenters. The van der Waals surface area contributed by atoms with Gasteiger partial charge in [0, 0.05) is 32.1 Å². The van der Waals surface area contributed by atoms with Crippen LogP contribution in [0.3, 0.4) is 0 Å². The Bertz CT molecular complexity index is 1020. The minimum absolute atomic E-state index is 0.0504. The molecular formula is C23H32N4O6S. The van der Waals surface area contributed by atoms with E-state index in [1.165, 1.54) is 24.3 Å². The number of amides is 3. The number of ether oxygens (including phenoxy) is 1. The van der Waals surface area contributed by atoms with Crippen LogP contribution in [0.1, 0.15) is 38.5 Å². The van der Waals surface area contributed by atoms with E-state index in [0.717, 1.165) is 50.1 Å². The summed E-state index contributed by atoms with van der Waals surface area (Å²) in [6.45, 7) is 3.80. The second-order valence-electron chi connectivity index (χ2n) is 9.15. The van der Waals surface area contributed by atoms with Crippen LogP contribution in [0, 0.1) is 5.92 Å². The average Bonchev–Trinajstić information content (AvgIpc) is 3.13. The Hall–Kier alpha value is -2.34. The fourth-order valence-electron chi connectivity index (χ4n) is 4.99. The maximum Gasteiger partial charge on any atom is 0.257 e. The van der Waals surface area contributed by atoms with E-state index in [2.05, 4.69) is 4.90 Å². The second-order valence-corrected chi connectivity index (χ2v) is 10.7. The van der Waals surface area contributed by atoms with Crippen LogP contribution in [0.2, 0.25) is 0 Å². The van der Waals surface area contributed by atoms with E-state index < -0.39 is 27.9 Å². The summed E-state index contributed by atoms with van der Waals surface area (Å²) in [5, 5.41) is 5.14. The summed E-state index contributed by atoms with van der Waals surface area (Å²) in [5.41, 5.74) is 0.267. The average molecular weight is 493 g/mol. The third-order valence-corrected chi connectivity index (χ3v) is 7.85. The van der Waals surface area contributed by atoms with Gasteiger partial charge in [-0.25, -0.2) is 18.5 Å². The van der Waals surface area contributed by atoms with Crippen molar-refractivity contribution in [1.29, 1.82) is 0 Å². The van der Waals surface area contributed by atoms with E-state index in [0.29, 0.717) is 26.3 Å². The molecule has 3 aliphatic rings. The predicted octanol–water partition coefficient (Wildman–Crippen LogP) is 0.707. The van der Waals surface area contributed by atoms with Crippen molar-refractivity contribution in [3.8, 4) is 0 Å². The van der Waals surface area contributed by atoms with Crippen LogP contribution >= 0.6 is 0 Å². The molecule has 1 aromatic carbocycles. The highest BCUT2D eigenvalue weighted by molar-refractivity contribution is 7.89. The molecule has 0 aromatic heterocycles. The number of hydrogen-bond donors (Lipinski definition) is 1. The van der Waals surface area contributed by atoms with E-state index in [4.69, 9.17) is 9.88 Å². The number of sulfonamides is 1. The normalized spacial score (nSPS) is 22.9. The van der Waals surface area contributed by atoms with E-state index in [9.17, 15) is 22.8 Å². The Labute approximate surface area is 200 Å². The summed E-state index contributed by atoms with van der Waals surface area (Å²) < 4.78 is 28.5. The van der Waals surface area contributed by atoms with Crippen molar-refractivity contribution in [2.45, 2.75) is 49.5 Å². The summed E-state index contributed by atoms with van der Waals surface area (Å²) in [6.07, 6.45) is 4.63. The van der Waals surface area contributed by atoms with Crippen LogP contribution in [0.15, 0.2) is 29.2 Å². The van der Waals surface area contributed by atoms with E-state index in [-0.39, 0.29) is 28.8 Å². The van der Waals surface area contributed by atoms with Crippen LogP contribution in [0.25, 0.3) is 0 Å². The molecule has 0 radical (unpaired) electrons. The number of carbonyl (C=O) groups excluding carboxylic acids is 3. The van der Waals surface area contributed by atoms with Crippen molar-refractivity contribution in [3.63, 3.8) is 0 Å². The lowest BCUT2D eigenvalue weighted by molar-refractivity contribution is -0.143. The molecule has 0 bridgehead atoms. The standard InChI is InChI=1S/C23H32N4O6S/c24-34(31,32)19-8-6-18(7-9-19)27-21(28)16-20(23(27)30)26(11-10-25-12-14-33-15-13-25)22(29)17-4-2-1-3-5-17/h6-9,17,20H,1-5,10-16H2,(H2,24,31,32). The van der Waals surface area contributed by atoms with Gasteiger partial charge in [0.1, 0.15) is 6.04 Å². The van der Waals surface area contributed by atoms with Crippen molar-refractivity contribution in [3.05, 3.63) is 24.3 Å². The first-order chi connectivity index (χ1) is 16.3. The molecule has 4 rings (SSSR count). The number of nitrogens with two attached hydrogens (primary N) is 1. The van der Waals surface area contributed by atoms with Gasteiger partial charge in [-0.05, 0) is 37.1 Å². The van der Waals surface area contributed by atoms with E-state index in [1.807, 2.05) is 0 Å². The molecule has 2 aliphatic heterocycles. The summed E-state index contributed by atoms with van der Waals surface area (Å²) >= 11 is 0. The van der Waals surface area contributed by atoms with E-state index >= 15 is 0 Å². The molecule has 0 spiro atoms. The van der Waals surface area contributed by atoms with Gasteiger partial charge < -0.3 is 9.64 Å². The molecule has 2 N–H and O–H groups in total. The summed E-state index contributed by atoms with van der Waals surface area (Å²) in [7, 11) is -3.89. The van der Waals surface area contributed by atoms with Gasteiger partial charge in [-0.15, -0.1) is 0 Å². The van der Waals surface area contributed by atoms with Crippen LogP contribution in [-0.2, 0) is 29.1 Å². The van der Waals surface area contributed by atoms with Crippen LogP contribution < -0.4 is 10.0 Å². The second kappa shape index (κ2) is 10.5. The van der Waals surface area contributed by atoms with Crippen molar-refractivity contribution in [2.24, 2.45) is 11.1 Å². The molecule has 1 aliphatic carbocycles. The van der Waals surface area contributed by atoms with Crippen molar-refractivity contribution in [1.82, 2.24) is 9.80 Å². The molecule has 11 heteroatoms. The summed E-state index contributed by atoms with van der Waals surface area (Å²) in [6, 6.07) is 4.45. The maximum atomic E-state index is 13.5. The number of carbonyl (C=O) groups is 3. The van der Waals surface area contributed by atoms with Crippen LogP contribution in [-0.4, -0.2) is 81.4 Å². The molecule has 10 nitrogen and oxygen atoms in total. The summed E-state index contributed by atoms with van der Waals surface area (Å²) in [4.78, 5) is 44.6. The number of anilines is 1. The minimum Gasteiger partial charge on any atom is -0.379 e. The number of imide groups is 1. The highest BCUT2D eigenvalue weighted by Gasteiger charge is 2.45. The molecule has 1 saturated carbocycles. The zero-order valence-electron chi connectivity index (χ0n) is 19.2. The maximum absolute atomic E-state index is 13.5. The fraction of sp³-hybridized carbons (Fsp3) is 0.609. The molecular weight excluding hydrogens is 460 g/mol. The molecule has 1 aromatic rings. The summed E-state index contributed by atoms with van der Waals surface area (Å²) in [5.74, 6) is -1.04. The zero-order valence-corrected chi connectivity index (χ0v) is 20.0. The molecule has 3 amide bonds. The van der Waals surface area contributed by atoms with Crippen LogP contribution in [0.4, 0.5) is 5.69 Å². The van der Waals surface area contributed by atoms with Crippen molar-refractivity contribution in [2.75, 3.05) is 44.3 Å². The van der Waals surface area contributed by atoms with Gasteiger partial charge in [-0.3, -0.25) is 19.3 Å². The number of rotatable bonds is 7. The lowest BCUT2D eigenvalue weighted by Crippen LogP contribution is -2.51. The monoisotopic (exact) mass is 492 g/mol. The number of hydrogen-bond acceptors (Lipinski definition) is 7. The first kappa shape index (κ1) is 24.8. The zero-order chi connectivity index (χ0) is 24.3. The van der Waals surface area contributed by atoms with Crippen molar-refractivity contribution >= 4 is 33.4 Å². The first-order valence-electron chi connectivity index (χ1n) is 11.9. The van der Waals surface area contributed by atoms with Gasteiger partial charge in [-0.2, -0.15) is 0 Å². The highest BCUT2D eigenvalue weighted by Crippen LogP contribution is 2.30. The van der Waals surface area contributed by atoms with Gasteiger partial charge in [-0.1, -0.05) is 19.3 Å². The molecule has 3 fully saturated rings. The molecule has 1 unspecified atom stereocenters. The SMILES string of the molecule is NS(=O)(=O)c1ccc(N2C(=O)CC(N(CCN3CCOCC3)C(=O)C3CCCCC3)C2=O)cc1. The topological polar surface area (TPSA) is 130 Å². The lowest BCUT2D eigenvalue weighted by Gasteiger charge is -2.35. The van der Waals surface area contributed by atoms with Gasteiger partial charge >= 0.3 is 0 Å². The lowest BCUT2D eigenvalue weighted by atomic mass is 9.88. The minimum atomic E-state index is -3.89. The smallest absolute Gasteiger partial charge is 0.257 e. The van der Waals surface area contributed by atoms with Gasteiger partial charge in [0.2, 0.25) is 21.8 Å². The van der Waals surface area contributed by atoms with Gasteiger partial charge in [0.25, 0.3) is 5.91 Å². The Morgan fingerprint density at radius 3 is 2.32 bits per heavy atom. The molecule has 34 heavy (non-hydrogen) atoms. The molecule has 186 valence electrons. The number of morpholine rings is 1. The molecule has 2 saturated heterocycles. The Morgan fingerprint density at radius 1 is 1.06 bits per heavy atom. The highest BCUT2D eigenvalue weighted by atomic mass is 32.2.